The monoisotopic (exact) mass is 321 g/mol. The van der Waals surface area contributed by atoms with Gasteiger partial charge in [0.05, 0.1) is 22.6 Å². The maximum absolute atomic E-state index is 13.0. The fraction of sp³-hybridized carbons (Fsp3) is 0.300. The number of ether oxygens (including phenoxy) is 2. The van der Waals surface area contributed by atoms with E-state index in [2.05, 4.69) is 20.7 Å². The van der Waals surface area contributed by atoms with Crippen LogP contribution in [-0.2, 0) is 9.53 Å². The molecule has 0 heterocycles. The van der Waals surface area contributed by atoms with Crippen LogP contribution in [0.1, 0.15) is 6.92 Å². The molecule has 0 radical (unpaired) electrons. The van der Waals surface area contributed by atoms with Crippen LogP contribution in [0.15, 0.2) is 16.6 Å². The van der Waals surface area contributed by atoms with Gasteiger partial charge in [-0.05, 0) is 28.9 Å². The van der Waals surface area contributed by atoms with Crippen LogP contribution in [0, 0.1) is 15.9 Å². The number of carbonyl (C=O) groups is 1. The zero-order valence-electron chi connectivity index (χ0n) is 9.48. The van der Waals surface area contributed by atoms with Gasteiger partial charge in [0.25, 0.3) is 0 Å². The summed E-state index contributed by atoms with van der Waals surface area (Å²) in [6, 6.07) is 1.72. The Balaban J connectivity index is 3.15. The van der Waals surface area contributed by atoms with Gasteiger partial charge in [-0.2, -0.15) is 0 Å². The number of hydrogen-bond donors (Lipinski definition) is 0. The SMILES string of the molecule is COC(=O)C(C)Oc1c(Br)cc(F)cc1[N+](=O)[O-]. The first kappa shape index (κ1) is 14.4. The van der Waals surface area contributed by atoms with E-state index in [9.17, 15) is 19.3 Å². The Kier molecular flexibility index (Phi) is 4.60. The molecule has 0 spiro atoms. The van der Waals surface area contributed by atoms with Gasteiger partial charge < -0.3 is 9.47 Å². The minimum absolute atomic E-state index is 0.0463. The minimum Gasteiger partial charge on any atom is -0.471 e. The Hall–Kier alpha value is -1.70. The van der Waals surface area contributed by atoms with Gasteiger partial charge in [0.15, 0.2) is 6.10 Å². The standard InChI is InChI=1S/C10H9BrFNO5/c1-5(10(14)17-2)18-9-7(11)3-6(12)4-8(9)13(15)16/h3-5H,1-2H3. The van der Waals surface area contributed by atoms with Crippen LogP contribution < -0.4 is 4.74 Å². The van der Waals surface area contributed by atoms with Gasteiger partial charge in [-0.15, -0.1) is 0 Å². The van der Waals surface area contributed by atoms with Crippen molar-refractivity contribution in [2.75, 3.05) is 7.11 Å². The van der Waals surface area contributed by atoms with Crippen molar-refractivity contribution in [3.8, 4) is 5.75 Å². The van der Waals surface area contributed by atoms with Gasteiger partial charge in [-0.1, -0.05) is 0 Å². The molecule has 0 fully saturated rings. The summed E-state index contributed by atoms with van der Waals surface area (Å²) in [6.07, 6.45) is -1.05. The lowest BCUT2D eigenvalue weighted by Gasteiger charge is -2.13. The van der Waals surface area contributed by atoms with Crippen LogP contribution in [-0.4, -0.2) is 24.1 Å². The Bertz CT molecular complexity index is 493. The molecule has 8 heteroatoms. The minimum atomic E-state index is -1.05. The van der Waals surface area contributed by atoms with Crippen LogP contribution in [0.3, 0.4) is 0 Å². The van der Waals surface area contributed by atoms with Gasteiger partial charge in [-0.3, -0.25) is 10.1 Å². The molecule has 18 heavy (non-hydrogen) atoms. The molecule has 98 valence electrons. The summed E-state index contributed by atoms with van der Waals surface area (Å²) in [5, 5.41) is 10.8. The normalized spacial score (nSPS) is 11.8. The molecule has 0 amide bonds. The Labute approximate surface area is 110 Å². The fourth-order valence-corrected chi connectivity index (χ4v) is 1.71. The van der Waals surface area contributed by atoms with Crippen molar-refractivity contribution in [3.05, 3.63) is 32.5 Å². The Morgan fingerprint density at radius 3 is 2.67 bits per heavy atom. The molecule has 0 aliphatic rings. The van der Waals surface area contributed by atoms with Crippen LogP contribution in [0.4, 0.5) is 10.1 Å². The van der Waals surface area contributed by atoms with E-state index >= 15 is 0 Å². The highest BCUT2D eigenvalue weighted by atomic mass is 79.9. The predicted molar refractivity (Wildman–Crippen MR) is 62.9 cm³/mol. The molecular formula is C10H9BrFNO5. The highest BCUT2D eigenvalue weighted by molar-refractivity contribution is 9.10. The highest BCUT2D eigenvalue weighted by Gasteiger charge is 2.25. The van der Waals surface area contributed by atoms with Crippen molar-refractivity contribution in [1.82, 2.24) is 0 Å². The largest absolute Gasteiger partial charge is 0.471 e. The number of nitro benzene ring substituents is 1. The summed E-state index contributed by atoms with van der Waals surface area (Å²) in [6.45, 7) is 1.37. The molecular weight excluding hydrogens is 313 g/mol. The maximum Gasteiger partial charge on any atom is 0.346 e. The number of benzene rings is 1. The molecule has 0 N–H and O–H groups in total. The number of rotatable bonds is 4. The van der Waals surface area contributed by atoms with E-state index in [0.717, 1.165) is 13.2 Å². The zero-order chi connectivity index (χ0) is 13.9. The van der Waals surface area contributed by atoms with E-state index in [1.54, 1.807) is 0 Å². The predicted octanol–water partition coefficient (Wildman–Crippen LogP) is 2.44. The number of esters is 1. The highest BCUT2D eigenvalue weighted by Crippen LogP contribution is 2.36. The summed E-state index contributed by atoms with van der Waals surface area (Å²) in [4.78, 5) is 21.1. The summed E-state index contributed by atoms with van der Waals surface area (Å²) in [7, 11) is 1.16. The molecule has 0 bridgehead atoms. The van der Waals surface area contributed by atoms with Crippen molar-refractivity contribution in [3.63, 3.8) is 0 Å². The number of nitro groups is 1. The molecule has 0 saturated heterocycles. The molecule has 0 aliphatic carbocycles. The van der Waals surface area contributed by atoms with E-state index in [1.165, 1.54) is 6.92 Å². The quantitative estimate of drug-likeness (QED) is 0.483. The maximum atomic E-state index is 13.0. The third-order valence-corrected chi connectivity index (χ3v) is 2.60. The summed E-state index contributed by atoms with van der Waals surface area (Å²) < 4.78 is 22.6. The lowest BCUT2D eigenvalue weighted by Crippen LogP contribution is -2.25. The molecule has 6 nitrogen and oxygen atoms in total. The lowest BCUT2D eigenvalue weighted by molar-refractivity contribution is -0.386. The van der Waals surface area contributed by atoms with Crippen LogP contribution in [0.2, 0.25) is 0 Å². The summed E-state index contributed by atoms with van der Waals surface area (Å²) in [5.41, 5.74) is -0.572. The Morgan fingerprint density at radius 1 is 1.56 bits per heavy atom. The van der Waals surface area contributed by atoms with E-state index in [0.29, 0.717) is 6.07 Å². The van der Waals surface area contributed by atoms with Gasteiger partial charge in [0.2, 0.25) is 5.75 Å². The summed E-state index contributed by atoms with van der Waals surface area (Å²) >= 11 is 2.94. The van der Waals surface area contributed by atoms with Crippen LogP contribution in [0.25, 0.3) is 0 Å². The Morgan fingerprint density at radius 2 is 2.17 bits per heavy atom. The van der Waals surface area contributed by atoms with Crippen molar-refractivity contribution < 1.29 is 23.6 Å². The second-order valence-electron chi connectivity index (χ2n) is 3.28. The van der Waals surface area contributed by atoms with Crippen molar-refractivity contribution in [1.29, 1.82) is 0 Å². The van der Waals surface area contributed by atoms with Gasteiger partial charge in [0.1, 0.15) is 5.82 Å². The third kappa shape index (κ3) is 3.16. The molecule has 1 aromatic rings. The van der Waals surface area contributed by atoms with Gasteiger partial charge in [-0.25, -0.2) is 9.18 Å². The smallest absolute Gasteiger partial charge is 0.346 e. The molecule has 1 unspecified atom stereocenters. The lowest BCUT2D eigenvalue weighted by atomic mass is 10.3. The first-order valence-electron chi connectivity index (χ1n) is 4.74. The van der Waals surface area contributed by atoms with Crippen LogP contribution >= 0.6 is 15.9 Å². The molecule has 1 rings (SSSR count). The number of nitrogens with zero attached hydrogens (tertiary/aromatic N) is 1. The number of hydrogen-bond acceptors (Lipinski definition) is 5. The van der Waals surface area contributed by atoms with Gasteiger partial charge in [0, 0.05) is 0 Å². The first-order chi connectivity index (χ1) is 8.36. The number of halogens is 2. The fourth-order valence-electron chi connectivity index (χ4n) is 1.19. The van der Waals surface area contributed by atoms with Crippen molar-refractivity contribution in [2.24, 2.45) is 0 Å². The summed E-state index contributed by atoms with van der Waals surface area (Å²) in [5.74, 6) is -1.70. The third-order valence-electron chi connectivity index (χ3n) is 2.01. The molecule has 0 aromatic heterocycles. The van der Waals surface area contributed by atoms with E-state index < -0.39 is 28.5 Å². The topological polar surface area (TPSA) is 78.7 Å². The zero-order valence-corrected chi connectivity index (χ0v) is 11.1. The first-order valence-corrected chi connectivity index (χ1v) is 5.54. The average molecular weight is 322 g/mol. The average Bonchev–Trinajstić information content (AvgIpc) is 2.30. The number of methoxy groups -OCH3 is 1. The van der Waals surface area contributed by atoms with Gasteiger partial charge >= 0.3 is 11.7 Å². The van der Waals surface area contributed by atoms with Crippen LogP contribution in [0.5, 0.6) is 5.75 Å². The van der Waals surface area contributed by atoms with Crippen molar-refractivity contribution in [2.45, 2.75) is 13.0 Å². The molecule has 0 aliphatic heterocycles. The molecule has 0 saturated carbocycles. The molecule has 1 atom stereocenters. The second-order valence-corrected chi connectivity index (χ2v) is 4.13. The second kappa shape index (κ2) is 5.76. The van der Waals surface area contributed by atoms with E-state index in [4.69, 9.17) is 4.74 Å². The van der Waals surface area contributed by atoms with Crippen molar-refractivity contribution >= 4 is 27.6 Å². The van der Waals surface area contributed by atoms with E-state index in [-0.39, 0.29) is 10.2 Å². The van der Waals surface area contributed by atoms with E-state index in [1.807, 2.05) is 0 Å². The number of carbonyl (C=O) groups excluding carboxylic acids is 1. The molecule has 1 aromatic carbocycles.